The fourth-order valence-electron chi connectivity index (χ4n) is 1.09. The highest BCUT2D eigenvalue weighted by atomic mass is 35.5. The zero-order chi connectivity index (χ0) is 9.68. The Labute approximate surface area is 96.2 Å². The highest BCUT2D eigenvalue weighted by Gasteiger charge is 1.99. The SMILES string of the molecule is C=C[C@H](N)c1ccc(SCC)cc1.Cl. The number of halogens is 1. The molecular weight excluding hydrogens is 214 g/mol. The second kappa shape index (κ2) is 6.93. The van der Waals surface area contributed by atoms with Crippen molar-refractivity contribution in [2.45, 2.75) is 17.9 Å². The minimum atomic E-state index is -0.0410. The highest BCUT2D eigenvalue weighted by molar-refractivity contribution is 7.99. The second-order valence-electron chi connectivity index (χ2n) is 2.76. The van der Waals surface area contributed by atoms with E-state index in [4.69, 9.17) is 5.73 Å². The van der Waals surface area contributed by atoms with Gasteiger partial charge in [0, 0.05) is 10.9 Å². The molecule has 2 N–H and O–H groups in total. The zero-order valence-electron chi connectivity index (χ0n) is 8.27. The minimum Gasteiger partial charge on any atom is -0.321 e. The maximum Gasteiger partial charge on any atom is 0.0478 e. The summed E-state index contributed by atoms with van der Waals surface area (Å²) < 4.78 is 0. The molecule has 14 heavy (non-hydrogen) atoms. The van der Waals surface area contributed by atoms with Gasteiger partial charge in [-0.25, -0.2) is 0 Å². The van der Waals surface area contributed by atoms with Crippen molar-refractivity contribution in [3.05, 3.63) is 42.5 Å². The van der Waals surface area contributed by atoms with Gasteiger partial charge in [0.05, 0.1) is 0 Å². The first-order chi connectivity index (χ1) is 6.27. The average molecular weight is 230 g/mol. The van der Waals surface area contributed by atoms with Crippen LogP contribution in [0.15, 0.2) is 41.8 Å². The molecule has 78 valence electrons. The van der Waals surface area contributed by atoms with Crippen LogP contribution in [-0.4, -0.2) is 5.75 Å². The van der Waals surface area contributed by atoms with E-state index in [0.29, 0.717) is 0 Å². The van der Waals surface area contributed by atoms with Crippen molar-refractivity contribution in [2.24, 2.45) is 5.73 Å². The summed E-state index contributed by atoms with van der Waals surface area (Å²) in [5, 5.41) is 0. The summed E-state index contributed by atoms with van der Waals surface area (Å²) in [5.41, 5.74) is 6.91. The minimum absolute atomic E-state index is 0. The first-order valence-corrected chi connectivity index (χ1v) is 5.37. The summed E-state index contributed by atoms with van der Waals surface area (Å²) in [5.74, 6) is 1.10. The van der Waals surface area contributed by atoms with Crippen LogP contribution in [0.4, 0.5) is 0 Å². The van der Waals surface area contributed by atoms with Gasteiger partial charge in [0.1, 0.15) is 0 Å². The van der Waals surface area contributed by atoms with Crippen LogP contribution < -0.4 is 5.73 Å². The molecule has 0 heterocycles. The molecule has 1 rings (SSSR count). The first kappa shape index (κ1) is 13.6. The third-order valence-corrected chi connectivity index (χ3v) is 2.72. The van der Waals surface area contributed by atoms with Gasteiger partial charge in [-0.05, 0) is 23.4 Å². The van der Waals surface area contributed by atoms with Gasteiger partial charge >= 0.3 is 0 Å². The van der Waals surface area contributed by atoms with Gasteiger partial charge in [0.15, 0.2) is 0 Å². The Kier molecular flexibility index (Phi) is 6.71. The van der Waals surface area contributed by atoms with Crippen molar-refractivity contribution in [3.63, 3.8) is 0 Å². The molecule has 0 amide bonds. The lowest BCUT2D eigenvalue weighted by atomic mass is 10.1. The molecule has 3 heteroatoms. The van der Waals surface area contributed by atoms with E-state index in [1.54, 1.807) is 6.08 Å². The molecular formula is C11H16ClNS. The quantitative estimate of drug-likeness (QED) is 0.633. The largest absolute Gasteiger partial charge is 0.321 e. The van der Waals surface area contributed by atoms with E-state index >= 15 is 0 Å². The van der Waals surface area contributed by atoms with Gasteiger partial charge < -0.3 is 5.73 Å². The number of rotatable bonds is 4. The van der Waals surface area contributed by atoms with Gasteiger partial charge in [-0.2, -0.15) is 0 Å². The Bertz CT molecular complexity index is 271. The van der Waals surface area contributed by atoms with E-state index in [2.05, 4.69) is 37.8 Å². The third kappa shape index (κ3) is 3.74. The summed E-state index contributed by atoms with van der Waals surface area (Å²) in [7, 11) is 0. The maximum absolute atomic E-state index is 5.79. The number of nitrogens with two attached hydrogens (primary N) is 1. The van der Waals surface area contributed by atoms with Crippen molar-refractivity contribution in [1.29, 1.82) is 0 Å². The maximum atomic E-state index is 5.79. The molecule has 1 aromatic rings. The summed E-state index contributed by atoms with van der Waals surface area (Å²) in [6.45, 7) is 5.81. The number of hydrogen-bond acceptors (Lipinski definition) is 2. The van der Waals surface area contributed by atoms with E-state index in [-0.39, 0.29) is 18.4 Å². The van der Waals surface area contributed by atoms with Crippen LogP contribution in [-0.2, 0) is 0 Å². The lowest BCUT2D eigenvalue weighted by Crippen LogP contribution is -2.05. The summed E-state index contributed by atoms with van der Waals surface area (Å²) in [6.07, 6.45) is 1.75. The molecule has 0 aromatic heterocycles. The molecule has 0 saturated heterocycles. The van der Waals surface area contributed by atoms with Crippen LogP contribution >= 0.6 is 24.2 Å². The van der Waals surface area contributed by atoms with Crippen molar-refractivity contribution in [2.75, 3.05) is 5.75 Å². The fourth-order valence-corrected chi connectivity index (χ4v) is 1.75. The van der Waals surface area contributed by atoms with Gasteiger partial charge in [0.2, 0.25) is 0 Å². The first-order valence-electron chi connectivity index (χ1n) is 4.38. The van der Waals surface area contributed by atoms with Crippen molar-refractivity contribution in [3.8, 4) is 0 Å². The number of hydrogen-bond donors (Lipinski definition) is 1. The molecule has 1 aromatic carbocycles. The molecule has 0 aliphatic heterocycles. The predicted octanol–water partition coefficient (Wildman–Crippen LogP) is 3.41. The normalized spacial score (nSPS) is 11.6. The molecule has 0 radical (unpaired) electrons. The van der Waals surface area contributed by atoms with Crippen molar-refractivity contribution in [1.82, 2.24) is 0 Å². The van der Waals surface area contributed by atoms with E-state index < -0.39 is 0 Å². The highest BCUT2D eigenvalue weighted by Crippen LogP contribution is 2.20. The smallest absolute Gasteiger partial charge is 0.0478 e. The van der Waals surface area contributed by atoms with Gasteiger partial charge in [-0.3, -0.25) is 0 Å². The Morgan fingerprint density at radius 3 is 2.43 bits per heavy atom. The van der Waals surface area contributed by atoms with Gasteiger partial charge in [-0.1, -0.05) is 25.1 Å². The van der Waals surface area contributed by atoms with Crippen LogP contribution in [0.1, 0.15) is 18.5 Å². The Balaban J connectivity index is 0.00000169. The van der Waals surface area contributed by atoms with Crippen molar-refractivity contribution >= 4 is 24.2 Å². The molecule has 0 bridgehead atoms. The van der Waals surface area contributed by atoms with Crippen LogP contribution in [0.3, 0.4) is 0 Å². The molecule has 0 spiro atoms. The van der Waals surface area contributed by atoms with Crippen LogP contribution in [0, 0.1) is 0 Å². The Hall–Kier alpha value is -0.440. The number of benzene rings is 1. The monoisotopic (exact) mass is 229 g/mol. The van der Waals surface area contributed by atoms with Gasteiger partial charge in [-0.15, -0.1) is 30.7 Å². The lowest BCUT2D eigenvalue weighted by Gasteiger charge is -2.06. The molecule has 0 aliphatic carbocycles. The molecule has 0 fully saturated rings. The van der Waals surface area contributed by atoms with Crippen LogP contribution in [0.25, 0.3) is 0 Å². The Morgan fingerprint density at radius 2 is 2.00 bits per heavy atom. The average Bonchev–Trinajstić information content (AvgIpc) is 2.18. The summed E-state index contributed by atoms with van der Waals surface area (Å²) in [4.78, 5) is 1.29. The molecule has 0 aliphatic rings. The zero-order valence-corrected chi connectivity index (χ0v) is 9.91. The standard InChI is InChI=1S/C11H15NS.ClH/c1-3-11(12)9-5-7-10(8-6-9)13-4-2;/h3,5-8,11H,1,4,12H2,2H3;1H/t11-;/m0./s1. The topological polar surface area (TPSA) is 26.0 Å². The number of thioether (sulfide) groups is 1. The summed E-state index contributed by atoms with van der Waals surface area (Å²) >= 11 is 1.84. The molecule has 1 nitrogen and oxygen atoms in total. The van der Waals surface area contributed by atoms with E-state index in [9.17, 15) is 0 Å². The van der Waals surface area contributed by atoms with Crippen LogP contribution in [0.5, 0.6) is 0 Å². The predicted molar refractivity (Wildman–Crippen MR) is 67.2 cm³/mol. The fraction of sp³-hybridized carbons (Fsp3) is 0.273. The van der Waals surface area contributed by atoms with E-state index in [0.717, 1.165) is 11.3 Å². The molecule has 1 atom stereocenters. The molecule has 0 unspecified atom stereocenters. The van der Waals surface area contributed by atoms with Crippen LogP contribution in [0.2, 0.25) is 0 Å². The second-order valence-corrected chi connectivity index (χ2v) is 4.10. The van der Waals surface area contributed by atoms with Crippen molar-refractivity contribution < 1.29 is 0 Å². The van der Waals surface area contributed by atoms with E-state index in [1.807, 2.05) is 11.8 Å². The lowest BCUT2D eigenvalue weighted by molar-refractivity contribution is 0.912. The van der Waals surface area contributed by atoms with E-state index in [1.165, 1.54) is 4.90 Å². The summed E-state index contributed by atoms with van der Waals surface area (Å²) in [6, 6.07) is 8.29. The molecule has 0 saturated carbocycles. The van der Waals surface area contributed by atoms with Gasteiger partial charge in [0.25, 0.3) is 0 Å². The third-order valence-electron chi connectivity index (χ3n) is 1.83. The Morgan fingerprint density at radius 1 is 1.43 bits per heavy atom.